The Morgan fingerprint density at radius 3 is 2.20 bits per heavy atom. The standard InChI is InChI=1S/C11H10BrFN2O5/c12-7-2-1-6(3-8(7)13)14-11(20)15(4-9(16)17)5-10(18)19/h1-3H,4-5H2,(H,14,20)(H,16,17)(H,18,19). The molecule has 0 aromatic heterocycles. The first-order chi connectivity index (χ1) is 9.29. The summed E-state index contributed by atoms with van der Waals surface area (Å²) in [5.41, 5.74) is 0.0801. The minimum absolute atomic E-state index is 0.0801. The van der Waals surface area contributed by atoms with E-state index in [2.05, 4.69) is 21.2 Å². The van der Waals surface area contributed by atoms with Crippen molar-refractivity contribution in [1.29, 1.82) is 0 Å². The van der Waals surface area contributed by atoms with Crippen molar-refractivity contribution in [3.05, 3.63) is 28.5 Å². The molecule has 0 aliphatic heterocycles. The van der Waals surface area contributed by atoms with E-state index in [1.807, 2.05) is 0 Å². The summed E-state index contributed by atoms with van der Waals surface area (Å²) in [6.07, 6.45) is 0. The Morgan fingerprint density at radius 2 is 1.75 bits per heavy atom. The number of hydrogen-bond acceptors (Lipinski definition) is 3. The molecule has 0 aliphatic rings. The lowest BCUT2D eigenvalue weighted by molar-refractivity contribution is -0.140. The maximum Gasteiger partial charge on any atom is 0.323 e. The summed E-state index contributed by atoms with van der Waals surface area (Å²) >= 11 is 2.94. The van der Waals surface area contributed by atoms with E-state index in [0.29, 0.717) is 4.90 Å². The maximum absolute atomic E-state index is 13.3. The van der Waals surface area contributed by atoms with Gasteiger partial charge in [-0.3, -0.25) is 9.59 Å². The lowest BCUT2D eigenvalue weighted by atomic mass is 10.3. The third kappa shape index (κ3) is 4.84. The van der Waals surface area contributed by atoms with Crippen molar-refractivity contribution in [3.63, 3.8) is 0 Å². The van der Waals surface area contributed by atoms with Crippen molar-refractivity contribution >= 4 is 39.6 Å². The van der Waals surface area contributed by atoms with Crippen LogP contribution in [0, 0.1) is 5.82 Å². The summed E-state index contributed by atoms with van der Waals surface area (Å²) in [7, 11) is 0. The average molecular weight is 349 g/mol. The van der Waals surface area contributed by atoms with Gasteiger partial charge >= 0.3 is 18.0 Å². The number of halogens is 2. The average Bonchev–Trinajstić information content (AvgIpc) is 2.32. The second-order valence-corrected chi connectivity index (χ2v) is 4.56. The fraction of sp³-hybridized carbons (Fsp3) is 0.182. The second kappa shape index (κ2) is 6.85. The van der Waals surface area contributed by atoms with Crippen LogP contribution in [0.2, 0.25) is 0 Å². The maximum atomic E-state index is 13.3. The van der Waals surface area contributed by atoms with Crippen molar-refractivity contribution in [2.24, 2.45) is 0 Å². The number of amides is 2. The highest BCUT2D eigenvalue weighted by Crippen LogP contribution is 2.19. The smallest absolute Gasteiger partial charge is 0.323 e. The molecule has 1 aromatic rings. The Bertz CT molecular complexity index is 536. The molecule has 0 saturated heterocycles. The molecule has 0 unspecified atom stereocenters. The summed E-state index contributed by atoms with van der Waals surface area (Å²) in [6, 6.07) is 2.80. The number of carbonyl (C=O) groups excluding carboxylic acids is 1. The lowest BCUT2D eigenvalue weighted by Gasteiger charge is -2.19. The Balaban J connectivity index is 2.81. The predicted octanol–water partition coefficient (Wildman–Crippen LogP) is 1.59. The van der Waals surface area contributed by atoms with E-state index in [-0.39, 0.29) is 10.2 Å². The number of benzene rings is 1. The number of carboxylic acid groups (broad SMARTS) is 2. The number of aliphatic carboxylic acids is 2. The normalized spacial score (nSPS) is 9.90. The third-order valence-electron chi connectivity index (χ3n) is 2.11. The summed E-state index contributed by atoms with van der Waals surface area (Å²) in [4.78, 5) is 33.4. The Kier molecular flexibility index (Phi) is 5.44. The van der Waals surface area contributed by atoms with Crippen LogP contribution in [-0.4, -0.2) is 46.2 Å². The number of nitrogens with one attached hydrogen (secondary N) is 1. The predicted molar refractivity (Wildman–Crippen MR) is 70.0 cm³/mol. The minimum atomic E-state index is -1.36. The largest absolute Gasteiger partial charge is 0.480 e. The zero-order chi connectivity index (χ0) is 15.3. The van der Waals surface area contributed by atoms with Crippen LogP contribution < -0.4 is 5.32 Å². The molecule has 0 atom stereocenters. The van der Waals surface area contributed by atoms with Crippen LogP contribution in [0.15, 0.2) is 22.7 Å². The first-order valence-corrected chi connectivity index (χ1v) is 6.03. The first kappa shape index (κ1) is 15.9. The number of rotatable bonds is 5. The Hall–Kier alpha value is -2.16. The molecule has 3 N–H and O–H groups in total. The fourth-order valence-corrected chi connectivity index (χ4v) is 1.55. The van der Waals surface area contributed by atoms with Crippen LogP contribution >= 0.6 is 15.9 Å². The van der Waals surface area contributed by atoms with Crippen LogP contribution in [0.4, 0.5) is 14.9 Å². The molecule has 9 heteroatoms. The van der Waals surface area contributed by atoms with E-state index in [0.717, 1.165) is 6.07 Å². The van der Waals surface area contributed by atoms with Crippen molar-refractivity contribution in [1.82, 2.24) is 4.90 Å². The van der Waals surface area contributed by atoms with Crippen LogP contribution in [-0.2, 0) is 9.59 Å². The third-order valence-corrected chi connectivity index (χ3v) is 2.75. The molecule has 0 bridgehead atoms. The lowest BCUT2D eigenvalue weighted by Crippen LogP contribution is -2.41. The summed E-state index contributed by atoms with van der Waals surface area (Å²) < 4.78 is 13.4. The molecule has 0 fully saturated rings. The number of hydrogen-bond donors (Lipinski definition) is 3. The molecule has 0 spiro atoms. The second-order valence-electron chi connectivity index (χ2n) is 3.70. The van der Waals surface area contributed by atoms with Crippen molar-refractivity contribution < 1.29 is 29.0 Å². The molecular weight excluding hydrogens is 339 g/mol. The number of carboxylic acids is 2. The number of urea groups is 1. The van der Waals surface area contributed by atoms with E-state index in [1.165, 1.54) is 12.1 Å². The van der Waals surface area contributed by atoms with Gasteiger partial charge in [-0.25, -0.2) is 9.18 Å². The van der Waals surface area contributed by atoms with Gasteiger partial charge in [0.05, 0.1) is 4.47 Å². The van der Waals surface area contributed by atoms with Gasteiger partial charge in [-0.05, 0) is 34.1 Å². The van der Waals surface area contributed by atoms with Gasteiger partial charge in [-0.15, -0.1) is 0 Å². The molecule has 0 saturated carbocycles. The van der Waals surface area contributed by atoms with E-state index in [1.54, 1.807) is 0 Å². The molecule has 1 aromatic carbocycles. The summed E-state index contributed by atoms with van der Waals surface area (Å²) in [5.74, 6) is -3.34. The molecule has 108 valence electrons. The molecular formula is C11H10BrFN2O5. The zero-order valence-electron chi connectivity index (χ0n) is 9.97. The van der Waals surface area contributed by atoms with Gasteiger partial charge < -0.3 is 20.4 Å². The molecule has 20 heavy (non-hydrogen) atoms. The molecule has 1 rings (SSSR count). The van der Waals surface area contributed by atoms with Gasteiger partial charge in [-0.2, -0.15) is 0 Å². The number of carbonyl (C=O) groups is 3. The quantitative estimate of drug-likeness (QED) is 0.748. The highest BCUT2D eigenvalue weighted by Gasteiger charge is 2.19. The van der Waals surface area contributed by atoms with Gasteiger partial charge in [0.25, 0.3) is 0 Å². The molecule has 2 amide bonds. The highest BCUT2D eigenvalue weighted by atomic mass is 79.9. The van der Waals surface area contributed by atoms with Crippen LogP contribution in [0.5, 0.6) is 0 Å². The fourth-order valence-electron chi connectivity index (χ4n) is 1.30. The van der Waals surface area contributed by atoms with E-state index >= 15 is 0 Å². The van der Waals surface area contributed by atoms with Gasteiger partial charge in [-0.1, -0.05) is 0 Å². The van der Waals surface area contributed by atoms with E-state index < -0.39 is 36.9 Å². The summed E-state index contributed by atoms with van der Waals surface area (Å²) in [6.45, 7) is -1.56. The van der Waals surface area contributed by atoms with Crippen LogP contribution in [0.3, 0.4) is 0 Å². The first-order valence-electron chi connectivity index (χ1n) is 5.24. The molecule has 0 radical (unpaired) electrons. The van der Waals surface area contributed by atoms with Crippen molar-refractivity contribution in [3.8, 4) is 0 Å². The Morgan fingerprint density at radius 1 is 1.20 bits per heavy atom. The monoisotopic (exact) mass is 348 g/mol. The van der Waals surface area contributed by atoms with Gasteiger partial charge in [0.1, 0.15) is 18.9 Å². The van der Waals surface area contributed by atoms with Crippen molar-refractivity contribution in [2.75, 3.05) is 18.4 Å². The summed E-state index contributed by atoms with van der Waals surface area (Å²) in [5, 5.41) is 19.4. The van der Waals surface area contributed by atoms with E-state index in [9.17, 15) is 18.8 Å². The minimum Gasteiger partial charge on any atom is -0.480 e. The van der Waals surface area contributed by atoms with Crippen molar-refractivity contribution in [2.45, 2.75) is 0 Å². The van der Waals surface area contributed by atoms with Crippen LogP contribution in [0.25, 0.3) is 0 Å². The Labute approximate surface area is 121 Å². The van der Waals surface area contributed by atoms with Gasteiger partial charge in [0.2, 0.25) is 0 Å². The topological polar surface area (TPSA) is 107 Å². The SMILES string of the molecule is O=C(O)CN(CC(=O)O)C(=O)Nc1ccc(Br)c(F)c1. The zero-order valence-corrected chi connectivity index (χ0v) is 11.6. The van der Waals surface area contributed by atoms with Crippen LogP contribution in [0.1, 0.15) is 0 Å². The number of anilines is 1. The van der Waals surface area contributed by atoms with Gasteiger partial charge in [0.15, 0.2) is 0 Å². The number of nitrogens with zero attached hydrogens (tertiary/aromatic N) is 1. The highest BCUT2D eigenvalue weighted by molar-refractivity contribution is 9.10. The van der Waals surface area contributed by atoms with Gasteiger partial charge in [0, 0.05) is 5.69 Å². The molecule has 0 heterocycles. The van der Waals surface area contributed by atoms with E-state index in [4.69, 9.17) is 10.2 Å². The molecule has 7 nitrogen and oxygen atoms in total. The molecule has 0 aliphatic carbocycles.